The molecule has 0 fully saturated rings. The molecule has 4 heteroatoms. The molecule has 0 saturated carbocycles. The standard InChI is InChI=1S/C15H23BrO3/c1-6-17-15(18-7-2,19-8-3)13-9-11(4)14(16)12(5)10-13/h9-10H,6-8H2,1-5H3. The van der Waals surface area contributed by atoms with Gasteiger partial charge in [-0.15, -0.1) is 0 Å². The fourth-order valence-electron chi connectivity index (χ4n) is 2.07. The van der Waals surface area contributed by atoms with Crippen molar-refractivity contribution in [3.05, 3.63) is 33.3 Å². The summed E-state index contributed by atoms with van der Waals surface area (Å²) >= 11 is 3.57. The van der Waals surface area contributed by atoms with Gasteiger partial charge in [-0.25, -0.2) is 0 Å². The highest BCUT2D eigenvalue weighted by Crippen LogP contribution is 2.33. The number of rotatable bonds is 7. The molecule has 0 aromatic heterocycles. The van der Waals surface area contributed by atoms with Crippen LogP contribution in [0.2, 0.25) is 0 Å². The van der Waals surface area contributed by atoms with E-state index in [2.05, 4.69) is 29.8 Å². The van der Waals surface area contributed by atoms with Gasteiger partial charge in [0.1, 0.15) is 0 Å². The molecule has 0 heterocycles. The highest BCUT2D eigenvalue weighted by atomic mass is 79.9. The van der Waals surface area contributed by atoms with E-state index in [0.717, 1.165) is 21.2 Å². The van der Waals surface area contributed by atoms with E-state index in [0.29, 0.717) is 19.8 Å². The van der Waals surface area contributed by atoms with E-state index in [4.69, 9.17) is 14.2 Å². The van der Waals surface area contributed by atoms with E-state index in [1.165, 1.54) is 0 Å². The number of hydrogen-bond acceptors (Lipinski definition) is 3. The highest BCUT2D eigenvalue weighted by Gasteiger charge is 2.35. The van der Waals surface area contributed by atoms with Gasteiger partial charge in [0.2, 0.25) is 0 Å². The van der Waals surface area contributed by atoms with Gasteiger partial charge in [0, 0.05) is 29.9 Å². The number of benzene rings is 1. The van der Waals surface area contributed by atoms with Gasteiger partial charge in [0.15, 0.2) is 0 Å². The molecule has 1 aromatic carbocycles. The lowest BCUT2D eigenvalue weighted by molar-refractivity contribution is -0.389. The molecular formula is C15H23BrO3. The third-order valence-corrected chi connectivity index (χ3v) is 4.04. The molecule has 0 aliphatic rings. The zero-order valence-corrected chi connectivity index (χ0v) is 14.0. The van der Waals surface area contributed by atoms with Crippen LogP contribution in [0.15, 0.2) is 16.6 Å². The SMILES string of the molecule is CCOC(OCC)(OCC)c1cc(C)c(Br)c(C)c1. The minimum Gasteiger partial charge on any atom is -0.324 e. The van der Waals surface area contributed by atoms with Crippen molar-refractivity contribution in [2.75, 3.05) is 19.8 Å². The zero-order chi connectivity index (χ0) is 14.5. The molecule has 0 saturated heterocycles. The largest absolute Gasteiger partial charge is 0.324 e. The van der Waals surface area contributed by atoms with Crippen molar-refractivity contribution in [1.82, 2.24) is 0 Å². The third kappa shape index (κ3) is 3.78. The van der Waals surface area contributed by atoms with Gasteiger partial charge in [-0.05, 0) is 57.9 Å². The zero-order valence-electron chi connectivity index (χ0n) is 12.4. The molecule has 0 N–H and O–H groups in total. The van der Waals surface area contributed by atoms with Crippen LogP contribution in [0.1, 0.15) is 37.5 Å². The predicted octanol–water partition coefficient (Wildman–Crippen LogP) is 4.29. The summed E-state index contributed by atoms with van der Waals surface area (Å²) in [5.41, 5.74) is 3.17. The molecule has 0 atom stereocenters. The number of hydrogen-bond donors (Lipinski definition) is 0. The average Bonchev–Trinajstić information content (AvgIpc) is 2.36. The van der Waals surface area contributed by atoms with Crippen LogP contribution in [-0.4, -0.2) is 19.8 Å². The lowest BCUT2D eigenvalue weighted by atomic mass is 10.1. The Labute approximate surface area is 124 Å². The van der Waals surface area contributed by atoms with Crippen molar-refractivity contribution in [2.24, 2.45) is 0 Å². The molecule has 3 nitrogen and oxygen atoms in total. The first kappa shape index (κ1) is 16.6. The summed E-state index contributed by atoms with van der Waals surface area (Å²) in [7, 11) is 0. The van der Waals surface area contributed by atoms with Crippen LogP contribution in [-0.2, 0) is 20.2 Å². The Morgan fingerprint density at radius 3 is 1.58 bits per heavy atom. The fraction of sp³-hybridized carbons (Fsp3) is 0.600. The highest BCUT2D eigenvalue weighted by molar-refractivity contribution is 9.10. The monoisotopic (exact) mass is 330 g/mol. The van der Waals surface area contributed by atoms with Gasteiger partial charge in [-0.3, -0.25) is 0 Å². The number of halogens is 1. The summed E-state index contributed by atoms with van der Waals surface area (Å²) < 4.78 is 18.5. The first-order valence-corrected chi connectivity index (χ1v) is 7.49. The first-order valence-electron chi connectivity index (χ1n) is 6.69. The molecule has 108 valence electrons. The van der Waals surface area contributed by atoms with Crippen LogP contribution in [0.4, 0.5) is 0 Å². The van der Waals surface area contributed by atoms with Gasteiger partial charge in [0.25, 0.3) is 0 Å². The summed E-state index contributed by atoms with van der Waals surface area (Å²) in [5.74, 6) is -1.10. The normalized spacial score (nSPS) is 11.9. The molecule has 0 amide bonds. The van der Waals surface area contributed by atoms with E-state index >= 15 is 0 Å². The molecule has 19 heavy (non-hydrogen) atoms. The Morgan fingerprint density at radius 1 is 0.895 bits per heavy atom. The molecule has 0 spiro atoms. The second-order valence-corrected chi connectivity index (χ2v) is 5.07. The van der Waals surface area contributed by atoms with E-state index in [9.17, 15) is 0 Å². The second kappa shape index (κ2) is 7.39. The van der Waals surface area contributed by atoms with Gasteiger partial charge >= 0.3 is 5.97 Å². The molecule has 0 bridgehead atoms. The van der Waals surface area contributed by atoms with Crippen molar-refractivity contribution in [1.29, 1.82) is 0 Å². The van der Waals surface area contributed by atoms with Crippen molar-refractivity contribution in [3.63, 3.8) is 0 Å². The Balaban J connectivity index is 3.29. The van der Waals surface area contributed by atoms with E-state index in [-0.39, 0.29) is 0 Å². The molecule has 1 rings (SSSR count). The average molecular weight is 331 g/mol. The summed E-state index contributed by atoms with van der Waals surface area (Å²) in [5, 5.41) is 0. The number of aryl methyl sites for hydroxylation is 2. The quantitative estimate of drug-likeness (QED) is 0.698. The van der Waals surface area contributed by atoms with Crippen LogP contribution in [0.3, 0.4) is 0 Å². The van der Waals surface area contributed by atoms with Gasteiger partial charge < -0.3 is 14.2 Å². The van der Waals surface area contributed by atoms with Crippen LogP contribution < -0.4 is 0 Å². The molecule has 0 unspecified atom stereocenters. The van der Waals surface area contributed by atoms with Crippen LogP contribution >= 0.6 is 15.9 Å². The second-order valence-electron chi connectivity index (χ2n) is 4.28. The van der Waals surface area contributed by atoms with Crippen molar-refractivity contribution in [2.45, 2.75) is 40.6 Å². The maximum atomic E-state index is 5.79. The van der Waals surface area contributed by atoms with Crippen LogP contribution in [0, 0.1) is 13.8 Å². The molecule has 1 aromatic rings. The summed E-state index contributed by atoms with van der Waals surface area (Å²) in [6.07, 6.45) is 0. The minimum absolute atomic E-state index is 0.522. The fourth-order valence-corrected chi connectivity index (χ4v) is 2.30. The number of ether oxygens (including phenoxy) is 3. The maximum absolute atomic E-state index is 5.79. The minimum atomic E-state index is -1.10. The Bertz CT molecular complexity index is 378. The first-order chi connectivity index (χ1) is 9.00. The topological polar surface area (TPSA) is 27.7 Å². The summed E-state index contributed by atoms with van der Waals surface area (Å²) in [6.45, 7) is 11.5. The smallest absolute Gasteiger partial charge is 0.311 e. The maximum Gasteiger partial charge on any atom is 0.311 e. The van der Waals surface area contributed by atoms with Crippen LogP contribution in [0.5, 0.6) is 0 Å². The van der Waals surface area contributed by atoms with Crippen LogP contribution in [0.25, 0.3) is 0 Å². The summed E-state index contributed by atoms with van der Waals surface area (Å²) in [6, 6.07) is 4.08. The molecule has 0 aliphatic heterocycles. The van der Waals surface area contributed by atoms with Gasteiger partial charge in [-0.2, -0.15) is 0 Å². The molecule has 0 aliphatic carbocycles. The lowest BCUT2D eigenvalue weighted by Gasteiger charge is -2.33. The predicted molar refractivity (Wildman–Crippen MR) is 80.2 cm³/mol. The van der Waals surface area contributed by atoms with Crippen molar-refractivity contribution < 1.29 is 14.2 Å². The van der Waals surface area contributed by atoms with E-state index in [1.54, 1.807) is 0 Å². The van der Waals surface area contributed by atoms with E-state index < -0.39 is 5.97 Å². The van der Waals surface area contributed by atoms with Gasteiger partial charge in [-0.1, -0.05) is 15.9 Å². The lowest BCUT2D eigenvalue weighted by Crippen LogP contribution is -2.37. The Morgan fingerprint density at radius 2 is 1.26 bits per heavy atom. The van der Waals surface area contributed by atoms with Crippen molar-refractivity contribution >= 4 is 15.9 Å². The summed E-state index contributed by atoms with van der Waals surface area (Å²) in [4.78, 5) is 0. The van der Waals surface area contributed by atoms with Crippen molar-refractivity contribution in [3.8, 4) is 0 Å². The Hall–Kier alpha value is -0.420. The third-order valence-electron chi connectivity index (χ3n) is 2.79. The van der Waals surface area contributed by atoms with Gasteiger partial charge in [0.05, 0.1) is 0 Å². The Kier molecular flexibility index (Phi) is 6.47. The van der Waals surface area contributed by atoms with E-state index in [1.807, 2.05) is 32.9 Å². The molecular weight excluding hydrogens is 308 g/mol. The molecule has 0 radical (unpaired) electrons.